The molecular formula is C14H11F2N3O. The van der Waals surface area contributed by atoms with Gasteiger partial charge in [0, 0.05) is 17.8 Å². The summed E-state index contributed by atoms with van der Waals surface area (Å²) in [5.74, 6) is -0.641. The minimum atomic E-state index is -0.909. The largest absolute Gasteiger partial charge is 0.497 e. The molecule has 0 unspecified atom stereocenters. The number of nitrogens with zero attached hydrogens (tertiary/aromatic N) is 1. The van der Waals surface area contributed by atoms with E-state index in [4.69, 9.17) is 4.74 Å². The molecule has 0 saturated carbocycles. The van der Waals surface area contributed by atoms with Gasteiger partial charge in [0.2, 0.25) is 5.95 Å². The number of hydrogen-bond donors (Lipinski definition) is 2. The number of methoxy groups -OCH3 is 1. The number of aromatic amines is 1. The van der Waals surface area contributed by atoms with Crippen molar-refractivity contribution < 1.29 is 13.5 Å². The number of halogens is 2. The normalized spacial score (nSPS) is 10.8. The first-order valence-corrected chi connectivity index (χ1v) is 5.91. The Bertz CT molecular complexity index is 770. The van der Waals surface area contributed by atoms with Gasteiger partial charge in [0.15, 0.2) is 11.6 Å². The van der Waals surface area contributed by atoms with Crippen molar-refractivity contribution in [3.05, 3.63) is 48.0 Å². The van der Waals surface area contributed by atoms with E-state index in [0.717, 1.165) is 23.2 Å². The molecule has 0 aliphatic carbocycles. The smallest absolute Gasteiger partial charge is 0.205 e. The Morgan fingerprint density at radius 2 is 1.95 bits per heavy atom. The minimum absolute atomic E-state index is 0.412. The Morgan fingerprint density at radius 1 is 1.10 bits per heavy atom. The first kappa shape index (κ1) is 12.4. The molecule has 6 heteroatoms. The first-order chi connectivity index (χ1) is 9.65. The lowest BCUT2D eigenvalue weighted by Gasteiger charge is -2.02. The highest BCUT2D eigenvalue weighted by atomic mass is 19.2. The van der Waals surface area contributed by atoms with Crippen LogP contribution in [0.25, 0.3) is 11.0 Å². The van der Waals surface area contributed by atoms with Crippen LogP contribution in [0.2, 0.25) is 0 Å². The van der Waals surface area contributed by atoms with E-state index in [9.17, 15) is 8.78 Å². The van der Waals surface area contributed by atoms with Crippen molar-refractivity contribution in [2.24, 2.45) is 0 Å². The summed E-state index contributed by atoms with van der Waals surface area (Å²) in [4.78, 5) is 7.33. The van der Waals surface area contributed by atoms with E-state index < -0.39 is 11.6 Å². The average molecular weight is 275 g/mol. The predicted octanol–water partition coefficient (Wildman–Crippen LogP) is 3.59. The van der Waals surface area contributed by atoms with E-state index in [-0.39, 0.29) is 0 Å². The SMILES string of the molecule is COc1ccc2nc(Nc3ccc(F)c(F)c3)[nH]c2c1. The van der Waals surface area contributed by atoms with E-state index >= 15 is 0 Å². The fourth-order valence-electron chi connectivity index (χ4n) is 1.89. The van der Waals surface area contributed by atoms with Crippen molar-refractivity contribution in [1.82, 2.24) is 9.97 Å². The minimum Gasteiger partial charge on any atom is -0.497 e. The van der Waals surface area contributed by atoms with Gasteiger partial charge in [0.25, 0.3) is 0 Å². The highest BCUT2D eigenvalue weighted by Crippen LogP contribution is 2.22. The number of nitrogens with one attached hydrogen (secondary N) is 2. The first-order valence-electron chi connectivity index (χ1n) is 5.91. The lowest BCUT2D eigenvalue weighted by atomic mass is 10.3. The molecule has 2 N–H and O–H groups in total. The molecule has 0 spiro atoms. The summed E-state index contributed by atoms with van der Waals surface area (Å²) >= 11 is 0. The predicted molar refractivity (Wildman–Crippen MR) is 72.3 cm³/mol. The zero-order chi connectivity index (χ0) is 14.1. The van der Waals surface area contributed by atoms with Crippen LogP contribution < -0.4 is 10.1 Å². The van der Waals surface area contributed by atoms with E-state index in [1.54, 1.807) is 25.3 Å². The summed E-state index contributed by atoms with van der Waals surface area (Å²) in [7, 11) is 1.58. The second kappa shape index (κ2) is 4.80. The number of rotatable bonds is 3. The van der Waals surface area contributed by atoms with E-state index in [1.807, 2.05) is 0 Å². The van der Waals surface area contributed by atoms with Crippen molar-refractivity contribution in [2.45, 2.75) is 0 Å². The van der Waals surface area contributed by atoms with Crippen LogP contribution >= 0.6 is 0 Å². The van der Waals surface area contributed by atoms with E-state index in [1.165, 1.54) is 6.07 Å². The van der Waals surface area contributed by atoms with Gasteiger partial charge in [-0.2, -0.15) is 0 Å². The van der Waals surface area contributed by atoms with Crippen LogP contribution in [0.1, 0.15) is 0 Å². The van der Waals surface area contributed by atoms with Gasteiger partial charge >= 0.3 is 0 Å². The van der Waals surface area contributed by atoms with Crippen molar-refractivity contribution >= 4 is 22.7 Å². The van der Waals surface area contributed by atoms with Gasteiger partial charge in [-0.15, -0.1) is 0 Å². The number of fused-ring (bicyclic) bond motifs is 1. The second-order valence-electron chi connectivity index (χ2n) is 4.22. The Hall–Kier alpha value is -2.63. The van der Waals surface area contributed by atoms with E-state index in [0.29, 0.717) is 17.4 Å². The van der Waals surface area contributed by atoms with Gasteiger partial charge in [0.05, 0.1) is 18.1 Å². The number of aromatic nitrogens is 2. The van der Waals surface area contributed by atoms with Gasteiger partial charge in [-0.05, 0) is 24.3 Å². The molecule has 1 heterocycles. The molecule has 0 fully saturated rings. The Labute approximate surface area is 113 Å². The van der Waals surface area contributed by atoms with Gasteiger partial charge in [0.1, 0.15) is 5.75 Å². The maximum Gasteiger partial charge on any atom is 0.205 e. The van der Waals surface area contributed by atoms with E-state index in [2.05, 4.69) is 15.3 Å². The molecule has 102 valence electrons. The fraction of sp³-hybridized carbons (Fsp3) is 0.0714. The number of anilines is 2. The van der Waals surface area contributed by atoms with Crippen LogP contribution in [0.5, 0.6) is 5.75 Å². The molecule has 4 nitrogen and oxygen atoms in total. The van der Waals surface area contributed by atoms with Crippen molar-refractivity contribution in [1.29, 1.82) is 0 Å². The van der Waals surface area contributed by atoms with Gasteiger partial charge in [-0.1, -0.05) is 0 Å². The zero-order valence-electron chi connectivity index (χ0n) is 10.6. The monoisotopic (exact) mass is 275 g/mol. The molecule has 2 aromatic carbocycles. The topological polar surface area (TPSA) is 49.9 Å². The zero-order valence-corrected chi connectivity index (χ0v) is 10.6. The summed E-state index contributed by atoms with van der Waals surface area (Å²) in [6.45, 7) is 0. The molecular weight excluding hydrogens is 264 g/mol. The Morgan fingerprint density at radius 3 is 2.70 bits per heavy atom. The van der Waals surface area contributed by atoms with Crippen molar-refractivity contribution in [3.63, 3.8) is 0 Å². The van der Waals surface area contributed by atoms with Gasteiger partial charge < -0.3 is 15.0 Å². The molecule has 0 atom stereocenters. The lowest BCUT2D eigenvalue weighted by Crippen LogP contribution is -1.94. The number of imidazole rings is 1. The average Bonchev–Trinajstić information content (AvgIpc) is 2.84. The summed E-state index contributed by atoms with van der Waals surface area (Å²) in [6.07, 6.45) is 0. The van der Waals surface area contributed by atoms with Crippen LogP contribution in [-0.2, 0) is 0 Å². The third-order valence-corrected chi connectivity index (χ3v) is 2.87. The molecule has 0 saturated heterocycles. The third kappa shape index (κ3) is 2.27. The fourth-order valence-corrected chi connectivity index (χ4v) is 1.89. The third-order valence-electron chi connectivity index (χ3n) is 2.87. The second-order valence-corrected chi connectivity index (χ2v) is 4.22. The van der Waals surface area contributed by atoms with Crippen LogP contribution in [0.3, 0.4) is 0 Å². The number of benzene rings is 2. The van der Waals surface area contributed by atoms with Crippen LogP contribution in [0.4, 0.5) is 20.4 Å². The van der Waals surface area contributed by atoms with Crippen molar-refractivity contribution in [2.75, 3.05) is 12.4 Å². The maximum absolute atomic E-state index is 13.1. The molecule has 1 aromatic heterocycles. The molecule has 0 radical (unpaired) electrons. The lowest BCUT2D eigenvalue weighted by molar-refractivity contribution is 0.415. The molecule has 0 amide bonds. The summed E-state index contributed by atoms with van der Waals surface area (Å²) in [5.41, 5.74) is 1.94. The molecule has 3 aromatic rings. The van der Waals surface area contributed by atoms with Crippen LogP contribution in [0.15, 0.2) is 36.4 Å². The molecule has 0 aliphatic heterocycles. The molecule has 0 bridgehead atoms. The Kier molecular flexibility index (Phi) is 2.98. The number of hydrogen-bond acceptors (Lipinski definition) is 3. The van der Waals surface area contributed by atoms with Gasteiger partial charge in [-0.3, -0.25) is 0 Å². The number of ether oxygens (including phenoxy) is 1. The quantitative estimate of drug-likeness (QED) is 0.768. The highest BCUT2D eigenvalue weighted by Gasteiger charge is 2.06. The highest BCUT2D eigenvalue weighted by molar-refractivity contribution is 5.79. The maximum atomic E-state index is 13.1. The standard InChI is InChI=1S/C14H11F2N3O/c1-20-9-3-5-12-13(7-9)19-14(18-12)17-8-2-4-10(15)11(16)6-8/h2-7H,1H3,(H2,17,18,19). The summed E-state index contributed by atoms with van der Waals surface area (Å²) in [5, 5.41) is 2.88. The van der Waals surface area contributed by atoms with Crippen LogP contribution in [-0.4, -0.2) is 17.1 Å². The molecule has 20 heavy (non-hydrogen) atoms. The van der Waals surface area contributed by atoms with Crippen LogP contribution in [0, 0.1) is 11.6 Å². The molecule has 0 aliphatic rings. The summed E-state index contributed by atoms with van der Waals surface area (Å²) in [6, 6.07) is 8.98. The number of H-pyrrole nitrogens is 1. The van der Waals surface area contributed by atoms with Crippen molar-refractivity contribution in [3.8, 4) is 5.75 Å². The molecule has 3 rings (SSSR count). The Balaban J connectivity index is 1.92. The van der Waals surface area contributed by atoms with Gasteiger partial charge in [-0.25, -0.2) is 13.8 Å². The summed E-state index contributed by atoms with van der Waals surface area (Å²) < 4.78 is 31.1.